The minimum absolute atomic E-state index is 0.0627. The SMILES string of the molecule is CC1(OC(=O)N[C@H]2CCCCC/C=C\[C@@H]3C[C@@]3(C(=O)NS(=O)(=O)C3(C)CC3)CC(=O)[C@@H]3C[C@]4(CCc5c(c(C6CC6)nc6c(F)cccc56)O4)CN3C2=O)CC1. The Balaban J connectivity index is 1.06. The third-order valence-corrected chi connectivity index (χ3v) is 15.9. The Morgan fingerprint density at radius 3 is 2.54 bits per heavy atom. The number of benzene rings is 1. The molecule has 1 aromatic carbocycles. The molecule has 56 heavy (non-hydrogen) atoms. The van der Waals surface area contributed by atoms with E-state index in [9.17, 15) is 27.6 Å². The number of ketones is 1. The molecule has 1 spiro atoms. The number of aryl methyl sites for hydroxylation is 1. The molecule has 0 unspecified atom stereocenters. The molecular formula is C42H51FN4O8S. The molecule has 14 heteroatoms. The van der Waals surface area contributed by atoms with E-state index in [-0.39, 0.29) is 37.0 Å². The van der Waals surface area contributed by atoms with Crippen LogP contribution in [0.15, 0.2) is 30.4 Å². The number of sulfonamides is 1. The zero-order valence-corrected chi connectivity index (χ0v) is 33.0. The van der Waals surface area contributed by atoms with Crippen molar-refractivity contribution in [3.05, 3.63) is 47.4 Å². The molecule has 1 saturated heterocycles. The lowest BCUT2D eigenvalue weighted by molar-refractivity contribution is -0.140. The van der Waals surface area contributed by atoms with Crippen molar-refractivity contribution in [2.75, 3.05) is 6.54 Å². The number of hydrogen-bond acceptors (Lipinski definition) is 9. The number of halogens is 1. The largest absolute Gasteiger partial charge is 0.483 e. The Hall–Kier alpha value is -4.07. The Kier molecular flexibility index (Phi) is 8.87. The van der Waals surface area contributed by atoms with E-state index in [2.05, 4.69) is 10.0 Å². The summed E-state index contributed by atoms with van der Waals surface area (Å²) in [6.45, 7) is 3.53. The van der Waals surface area contributed by atoms with Crippen molar-refractivity contribution >= 4 is 44.6 Å². The number of rotatable bonds is 6. The minimum atomic E-state index is -3.96. The molecule has 4 aliphatic carbocycles. The topological polar surface area (TPSA) is 161 Å². The first-order valence-electron chi connectivity index (χ1n) is 20.5. The predicted octanol–water partition coefficient (Wildman–Crippen LogP) is 6.05. The van der Waals surface area contributed by atoms with Gasteiger partial charge < -0.3 is 19.7 Å². The Morgan fingerprint density at radius 1 is 1.02 bits per heavy atom. The number of hydrogen-bond donors (Lipinski definition) is 2. The molecule has 12 nitrogen and oxygen atoms in total. The van der Waals surface area contributed by atoms with Gasteiger partial charge in [-0.25, -0.2) is 22.6 Å². The highest BCUT2D eigenvalue weighted by molar-refractivity contribution is 7.91. The lowest BCUT2D eigenvalue weighted by Crippen LogP contribution is -2.53. The number of ether oxygens (including phenoxy) is 2. The van der Waals surface area contributed by atoms with Crippen LogP contribution in [0.1, 0.15) is 127 Å². The summed E-state index contributed by atoms with van der Waals surface area (Å²) in [7, 11) is -3.96. The first-order valence-corrected chi connectivity index (χ1v) is 22.0. The van der Waals surface area contributed by atoms with Crippen LogP contribution in [-0.2, 0) is 35.6 Å². The van der Waals surface area contributed by atoms with Crippen LogP contribution in [0.3, 0.4) is 0 Å². The number of alkyl carbamates (subject to hydrolysis) is 1. The number of nitrogens with one attached hydrogen (secondary N) is 2. The Labute approximate surface area is 326 Å². The molecule has 300 valence electrons. The van der Waals surface area contributed by atoms with E-state index in [1.807, 2.05) is 25.1 Å². The number of Topliss-reactive ketones (excluding diaryl/α,β-unsaturated/α-hetero) is 1. The average molecular weight is 791 g/mol. The van der Waals surface area contributed by atoms with E-state index in [1.54, 1.807) is 13.0 Å². The smallest absolute Gasteiger partial charge is 0.408 e. The van der Waals surface area contributed by atoms with Crippen molar-refractivity contribution in [1.82, 2.24) is 19.9 Å². The lowest BCUT2D eigenvalue weighted by atomic mass is 9.85. The highest BCUT2D eigenvalue weighted by Crippen LogP contribution is 2.58. The Morgan fingerprint density at radius 2 is 1.80 bits per heavy atom. The van der Waals surface area contributed by atoms with Crippen molar-refractivity contribution in [1.29, 1.82) is 0 Å². The molecule has 1 aromatic heterocycles. The molecular weight excluding hydrogens is 740 g/mol. The van der Waals surface area contributed by atoms with E-state index >= 15 is 4.39 Å². The number of allylic oxidation sites excluding steroid dienone is 2. The highest BCUT2D eigenvalue weighted by Gasteiger charge is 2.63. The molecule has 4 heterocycles. The standard InChI is InChI=1S/C42H51FN4O8S/c1-39(17-18-39)55-38(51)44-30-12-7-5-3-4-6-9-26-21-42(26,37(50)46-56(52,53)40(2)19-20-40)23-32(48)31-22-41(24-47(31)36(30)49)16-15-28-27-10-8-11-29(43)34(27)45-33(25-13-14-25)35(28)54-41/h6,8-11,25-26,30-31H,3-5,7,12-24H2,1-2H3,(H,44,51)(H,46,50)/b9-6-/t26-,30+,31+,41-,42-/m1/s1. The van der Waals surface area contributed by atoms with Gasteiger partial charge in [-0.1, -0.05) is 37.1 Å². The summed E-state index contributed by atoms with van der Waals surface area (Å²) >= 11 is 0. The van der Waals surface area contributed by atoms with Gasteiger partial charge in [0, 0.05) is 29.7 Å². The fourth-order valence-corrected chi connectivity index (χ4v) is 10.5. The zero-order valence-electron chi connectivity index (χ0n) is 32.2. The van der Waals surface area contributed by atoms with E-state index in [0.29, 0.717) is 67.3 Å². The van der Waals surface area contributed by atoms with Crippen LogP contribution in [-0.4, -0.2) is 76.6 Å². The number of para-hydroxylation sites is 1. The van der Waals surface area contributed by atoms with E-state index in [1.165, 1.54) is 11.0 Å². The number of aromatic nitrogens is 1. The molecule has 0 bridgehead atoms. The zero-order chi connectivity index (χ0) is 39.3. The number of carbonyl (C=O) groups excluding carboxylic acids is 4. The maximum Gasteiger partial charge on any atom is 0.408 e. The normalized spacial score (nSPS) is 32.5. The van der Waals surface area contributed by atoms with Crippen LogP contribution >= 0.6 is 0 Å². The first-order chi connectivity index (χ1) is 26.6. The van der Waals surface area contributed by atoms with Gasteiger partial charge in [0.2, 0.25) is 21.8 Å². The fourth-order valence-electron chi connectivity index (χ4n) is 9.19. The molecule has 3 amide bonds. The summed E-state index contributed by atoms with van der Waals surface area (Å²) in [6.07, 6.45) is 12.0. The number of amides is 3. The van der Waals surface area contributed by atoms with Crippen molar-refractivity contribution in [2.45, 2.75) is 151 Å². The minimum Gasteiger partial charge on any atom is -0.483 e. The van der Waals surface area contributed by atoms with Gasteiger partial charge in [-0.15, -0.1) is 0 Å². The van der Waals surface area contributed by atoms with Crippen LogP contribution in [0, 0.1) is 17.2 Å². The maximum atomic E-state index is 15.1. The second kappa shape index (κ2) is 13.2. The van der Waals surface area contributed by atoms with Crippen molar-refractivity contribution in [3.63, 3.8) is 0 Å². The molecule has 7 aliphatic rings. The molecule has 9 rings (SSSR count). The molecule has 4 saturated carbocycles. The maximum absolute atomic E-state index is 15.1. The van der Waals surface area contributed by atoms with Crippen LogP contribution in [0.2, 0.25) is 0 Å². The molecule has 2 N–H and O–H groups in total. The van der Waals surface area contributed by atoms with Gasteiger partial charge in [0.15, 0.2) is 5.78 Å². The van der Waals surface area contributed by atoms with Crippen LogP contribution in [0.5, 0.6) is 5.75 Å². The molecule has 5 atom stereocenters. The fraction of sp³-hybridized carbons (Fsp3) is 0.643. The second-order valence-corrected chi connectivity index (χ2v) is 20.5. The quantitative estimate of drug-likeness (QED) is 0.332. The monoisotopic (exact) mass is 790 g/mol. The summed E-state index contributed by atoms with van der Waals surface area (Å²) in [6, 6.07) is 2.95. The average Bonchev–Trinajstić information content (AvgIpc) is 3.97. The summed E-state index contributed by atoms with van der Waals surface area (Å²) in [5.41, 5.74) is -0.942. The lowest BCUT2D eigenvalue weighted by Gasteiger charge is -2.37. The molecule has 5 fully saturated rings. The van der Waals surface area contributed by atoms with Gasteiger partial charge in [-0.2, -0.15) is 0 Å². The van der Waals surface area contributed by atoms with E-state index in [0.717, 1.165) is 50.5 Å². The van der Waals surface area contributed by atoms with Gasteiger partial charge in [-0.3, -0.25) is 19.1 Å². The van der Waals surface area contributed by atoms with Gasteiger partial charge in [0.25, 0.3) is 0 Å². The third-order valence-electron chi connectivity index (χ3n) is 13.7. The number of carbonyl (C=O) groups is 4. The number of nitrogens with zero attached hydrogens (tertiary/aromatic N) is 2. The van der Waals surface area contributed by atoms with Gasteiger partial charge in [-0.05, 0) is 103 Å². The van der Waals surface area contributed by atoms with Crippen LogP contribution < -0.4 is 14.8 Å². The summed E-state index contributed by atoms with van der Waals surface area (Å²) in [5, 5.41) is 3.53. The van der Waals surface area contributed by atoms with Crippen LogP contribution in [0.25, 0.3) is 10.9 Å². The van der Waals surface area contributed by atoms with Crippen molar-refractivity contribution in [3.8, 4) is 5.75 Å². The van der Waals surface area contributed by atoms with Crippen molar-refractivity contribution < 1.29 is 41.5 Å². The second-order valence-electron chi connectivity index (χ2n) is 18.3. The predicted molar refractivity (Wildman–Crippen MR) is 204 cm³/mol. The van der Waals surface area contributed by atoms with Crippen molar-refractivity contribution in [2.24, 2.45) is 11.3 Å². The Bertz CT molecular complexity index is 2160. The van der Waals surface area contributed by atoms with E-state index in [4.69, 9.17) is 14.5 Å². The summed E-state index contributed by atoms with van der Waals surface area (Å²) < 4.78 is 55.6. The molecule has 2 aromatic rings. The third kappa shape index (κ3) is 6.76. The van der Waals surface area contributed by atoms with E-state index < -0.39 is 67.2 Å². The van der Waals surface area contributed by atoms with Crippen LogP contribution in [0.4, 0.5) is 9.18 Å². The number of pyridine rings is 1. The summed E-state index contributed by atoms with van der Waals surface area (Å²) in [4.78, 5) is 63.2. The van der Waals surface area contributed by atoms with Gasteiger partial charge >= 0.3 is 6.09 Å². The molecule has 3 aliphatic heterocycles. The highest BCUT2D eigenvalue weighted by atomic mass is 32.2. The first kappa shape index (κ1) is 37.5. The summed E-state index contributed by atoms with van der Waals surface area (Å²) in [5.74, 6) is -1.46. The molecule has 0 radical (unpaired) electrons. The van der Waals surface area contributed by atoms with Gasteiger partial charge in [0.05, 0.1) is 28.4 Å². The van der Waals surface area contributed by atoms with Gasteiger partial charge in [0.1, 0.15) is 34.3 Å². The number of fused-ring (bicyclic) bond motifs is 5.